The molecular formula is C50H59N13O7. The number of carbonyl (C=O) groups excluding carboxylic acids is 5. The molecule has 1 saturated heterocycles. The number of carbonyl (C=O) groups is 5. The van der Waals surface area contributed by atoms with Crippen LogP contribution in [0.2, 0.25) is 0 Å². The lowest BCUT2D eigenvalue weighted by Crippen LogP contribution is -2.36. The first kappa shape index (κ1) is 48.6. The number of hydrogen-bond donors (Lipinski definition) is 2. The van der Waals surface area contributed by atoms with Gasteiger partial charge in [-0.1, -0.05) is 12.1 Å². The molecule has 20 nitrogen and oxygen atoms in total. The van der Waals surface area contributed by atoms with Gasteiger partial charge >= 0.3 is 0 Å². The van der Waals surface area contributed by atoms with E-state index in [2.05, 4.69) is 20.2 Å². The lowest BCUT2D eigenvalue weighted by atomic mass is 10.0. The van der Waals surface area contributed by atoms with Crippen molar-refractivity contribution in [2.75, 3.05) is 20.3 Å². The van der Waals surface area contributed by atoms with Crippen molar-refractivity contribution in [2.24, 2.45) is 35.5 Å². The molecule has 5 amide bonds. The summed E-state index contributed by atoms with van der Waals surface area (Å²) in [6, 6.07) is 21.2. The van der Waals surface area contributed by atoms with Crippen molar-refractivity contribution in [3.8, 4) is 5.75 Å². The Balaban J connectivity index is 1.18. The summed E-state index contributed by atoms with van der Waals surface area (Å²) in [5.74, 6) is -1.64. The number of aromatic nitrogens is 8. The number of amides is 5. The van der Waals surface area contributed by atoms with Gasteiger partial charge in [0.2, 0.25) is 29.0 Å². The molecule has 1 atom stereocenters. The molecule has 20 heteroatoms. The summed E-state index contributed by atoms with van der Waals surface area (Å²) < 4.78 is 22.5. The van der Waals surface area contributed by atoms with Crippen LogP contribution in [0.5, 0.6) is 5.75 Å². The Labute approximate surface area is 403 Å². The summed E-state index contributed by atoms with van der Waals surface area (Å²) in [6.07, 6.45) is 1.71. The van der Waals surface area contributed by atoms with Crippen LogP contribution >= 0.6 is 0 Å². The number of imidazole rings is 2. The van der Waals surface area contributed by atoms with E-state index < -0.39 is 29.7 Å². The Morgan fingerprint density at radius 2 is 1.19 bits per heavy atom. The molecule has 4 N–H and O–H groups in total. The highest BCUT2D eigenvalue weighted by molar-refractivity contribution is 5.98. The first-order valence-corrected chi connectivity index (χ1v) is 23.4. The molecule has 7 aromatic rings. The molecular weight excluding hydrogens is 895 g/mol. The number of benzene rings is 3. The molecule has 1 aliphatic heterocycles. The number of methoxy groups -OCH3 is 1. The Morgan fingerprint density at radius 3 is 1.63 bits per heavy atom. The third-order valence-corrected chi connectivity index (χ3v) is 13.0. The molecule has 1 fully saturated rings. The van der Waals surface area contributed by atoms with Gasteiger partial charge in [-0.3, -0.25) is 33.3 Å². The zero-order valence-electron chi connectivity index (χ0n) is 40.6. The topological polar surface area (TPSA) is 239 Å². The van der Waals surface area contributed by atoms with E-state index in [-0.39, 0.29) is 42.8 Å². The van der Waals surface area contributed by atoms with E-state index in [0.29, 0.717) is 88.6 Å². The smallest absolute Gasteiger partial charge is 0.298 e. The van der Waals surface area contributed by atoms with Crippen molar-refractivity contribution >= 4 is 51.6 Å². The van der Waals surface area contributed by atoms with Crippen molar-refractivity contribution in [2.45, 2.75) is 91.7 Å². The number of rotatable bonds is 17. The van der Waals surface area contributed by atoms with Crippen LogP contribution in [0, 0.1) is 13.8 Å². The highest BCUT2D eigenvalue weighted by Gasteiger charge is 2.31. The molecule has 5 heterocycles. The second kappa shape index (κ2) is 20.4. The standard InChI is InChI=1S/C50H59N13O7/c1-8-62-42(25-30(3)55-62)47(67)53-49-57(5)40-27-33(45(51)65)14-18-38(40)60(49)23-20-36(70-29-44(64)59-22-10-11-37(59)32-12-16-35(69-7)17-13-32)21-24-61-39-19-15-34(46(52)66)28-41(39)58(6)50(61)54-48(68)43-26-31(4)56-63(43)9-2/h12-19,25-28,36-37H,8-11,20-24,29H2,1-7H3,(H2,51,65)(H2,52,66)/t36?,37-/m1/s1. The van der Waals surface area contributed by atoms with Crippen LogP contribution in [0.1, 0.15) is 104 Å². The van der Waals surface area contributed by atoms with Gasteiger partial charge in [0, 0.05) is 57.9 Å². The Kier molecular flexibility index (Phi) is 14.1. The number of fused-ring (bicyclic) bond motifs is 2. The maximum absolute atomic E-state index is 14.2. The fourth-order valence-electron chi connectivity index (χ4n) is 9.43. The number of ether oxygens (including phenoxy) is 2. The van der Waals surface area contributed by atoms with Crippen LogP contribution in [0.4, 0.5) is 0 Å². The van der Waals surface area contributed by atoms with Gasteiger partial charge in [-0.15, -0.1) is 0 Å². The van der Waals surface area contributed by atoms with E-state index in [1.54, 1.807) is 88.2 Å². The molecule has 0 aliphatic carbocycles. The third-order valence-electron chi connectivity index (χ3n) is 13.0. The van der Waals surface area contributed by atoms with E-state index >= 15 is 0 Å². The zero-order valence-corrected chi connectivity index (χ0v) is 40.6. The quantitative estimate of drug-likeness (QED) is 0.133. The highest BCUT2D eigenvalue weighted by atomic mass is 16.5. The Bertz CT molecular complexity index is 3130. The summed E-state index contributed by atoms with van der Waals surface area (Å²) in [6.45, 7) is 9.23. The maximum atomic E-state index is 14.2. The number of nitrogens with two attached hydrogens (primary N) is 2. The van der Waals surface area contributed by atoms with Gasteiger partial charge in [0.1, 0.15) is 23.7 Å². The van der Waals surface area contributed by atoms with Crippen LogP contribution in [-0.2, 0) is 49.8 Å². The lowest BCUT2D eigenvalue weighted by molar-refractivity contribution is -0.139. The number of nitrogens with zero attached hydrogens (tertiary/aromatic N) is 11. The predicted octanol–water partition coefficient (Wildman–Crippen LogP) is 4.24. The van der Waals surface area contributed by atoms with Crippen molar-refractivity contribution in [1.29, 1.82) is 0 Å². The van der Waals surface area contributed by atoms with E-state index in [0.717, 1.165) is 24.2 Å². The number of aryl methyl sites for hydroxylation is 8. The predicted molar refractivity (Wildman–Crippen MR) is 260 cm³/mol. The number of hydrogen-bond acceptors (Lipinski definition) is 9. The first-order valence-electron chi connectivity index (χ1n) is 23.4. The average molecular weight is 954 g/mol. The van der Waals surface area contributed by atoms with Crippen LogP contribution < -0.4 is 27.4 Å². The average Bonchev–Trinajstić information content (AvgIpc) is 4.19. The van der Waals surface area contributed by atoms with Crippen molar-refractivity contribution in [1.82, 2.24) is 42.7 Å². The molecule has 0 saturated carbocycles. The molecule has 0 spiro atoms. The molecule has 0 unspecified atom stereocenters. The minimum atomic E-state index is -0.604. The van der Waals surface area contributed by atoms with E-state index in [1.165, 1.54) is 0 Å². The first-order chi connectivity index (χ1) is 33.6. The fourth-order valence-corrected chi connectivity index (χ4v) is 9.43. The SMILES string of the molecule is CCn1nc(C)cc1C(=O)N=c1n(C)c2cc(C(N)=O)ccc2n1CCC(CCn1c(=NC(=O)c2cc(C)nn2CC)n(C)c2cc(C(N)=O)ccc21)OCC(=O)N1CCC[C@@H]1c1ccc(OC)cc1. The van der Waals surface area contributed by atoms with Crippen molar-refractivity contribution < 1.29 is 33.4 Å². The van der Waals surface area contributed by atoms with Gasteiger partial charge in [0.15, 0.2) is 0 Å². The molecule has 4 aromatic heterocycles. The molecule has 366 valence electrons. The van der Waals surface area contributed by atoms with Gasteiger partial charge in [-0.2, -0.15) is 20.2 Å². The van der Waals surface area contributed by atoms with Crippen molar-refractivity contribution in [3.63, 3.8) is 0 Å². The minimum Gasteiger partial charge on any atom is -0.497 e. The largest absolute Gasteiger partial charge is 0.497 e. The van der Waals surface area contributed by atoms with Gasteiger partial charge in [-0.05, 0) is 120 Å². The Morgan fingerprint density at radius 1 is 0.700 bits per heavy atom. The third kappa shape index (κ3) is 9.71. The molecule has 1 aliphatic rings. The van der Waals surface area contributed by atoms with Crippen LogP contribution in [0.25, 0.3) is 22.1 Å². The second-order valence-electron chi connectivity index (χ2n) is 17.5. The molecule has 70 heavy (non-hydrogen) atoms. The van der Waals surface area contributed by atoms with Gasteiger partial charge in [-0.25, -0.2) is 0 Å². The normalized spacial score (nSPS) is 14.8. The summed E-state index contributed by atoms with van der Waals surface area (Å²) >= 11 is 0. The van der Waals surface area contributed by atoms with E-state index in [9.17, 15) is 24.0 Å². The summed E-state index contributed by atoms with van der Waals surface area (Å²) in [5, 5.41) is 8.90. The van der Waals surface area contributed by atoms with E-state index in [4.69, 9.17) is 20.9 Å². The highest BCUT2D eigenvalue weighted by Crippen LogP contribution is 2.33. The molecule has 0 bridgehead atoms. The molecule has 0 radical (unpaired) electrons. The van der Waals surface area contributed by atoms with Gasteiger partial charge in [0.25, 0.3) is 11.8 Å². The zero-order chi connectivity index (χ0) is 50.0. The maximum Gasteiger partial charge on any atom is 0.298 e. The Hall–Kier alpha value is -7.87. The lowest BCUT2D eigenvalue weighted by Gasteiger charge is -2.26. The summed E-state index contributed by atoms with van der Waals surface area (Å²) in [4.78, 5) is 78.0. The minimum absolute atomic E-state index is 0.127. The van der Waals surface area contributed by atoms with Crippen LogP contribution in [0.3, 0.4) is 0 Å². The molecule has 3 aromatic carbocycles. The van der Waals surface area contributed by atoms with E-state index in [1.807, 2.05) is 66.0 Å². The van der Waals surface area contributed by atoms with Crippen LogP contribution in [-0.4, -0.2) is 98.6 Å². The number of likely N-dealkylation sites (tertiary alicyclic amines) is 1. The summed E-state index contributed by atoms with van der Waals surface area (Å²) in [7, 11) is 5.15. The van der Waals surface area contributed by atoms with Crippen LogP contribution in [0.15, 0.2) is 82.8 Å². The number of primary amides is 2. The monoisotopic (exact) mass is 953 g/mol. The van der Waals surface area contributed by atoms with Crippen molar-refractivity contribution in [3.05, 3.63) is 123 Å². The second-order valence-corrected chi connectivity index (χ2v) is 17.5. The fraction of sp³-hybridized carbons (Fsp3) is 0.380. The van der Waals surface area contributed by atoms with Gasteiger partial charge in [0.05, 0.1) is 52.7 Å². The summed E-state index contributed by atoms with van der Waals surface area (Å²) in [5.41, 5.74) is 18.2. The molecule has 8 rings (SSSR count). The van der Waals surface area contributed by atoms with Gasteiger partial charge < -0.3 is 44.1 Å².